The lowest BCUT2D eigenvalue weighted by Gasteiger charge is -2.32. The summed E-state index contributed by atoms with van der Waals surface area (Å²) in [4.78, 5) is 26.8. The summed E-state index contributed by atoms with van der Waals surface area (Å²) >= 11 is 0. The Morgan fingerprint density at radius 1 is 1.11 bits per heavy atom. The number of hydrogen-bond donors (Lipinski definition) is 2. The van der Waals surface area contributed by atoms with Crippen LogP contribution in [-0.2, 0) is 27.3 Å². The molecule has 6 nitrogen and oxygen atoms in total. The zero-order chi connectivity index (χ0) is 19.3. The van der Waals surface area contributed by atoms with E-state index in [1.807, 2.05) is 30.3 Å². The quantitative estimate of drug-likeness (QED) is 0.824. The molecule has 2 amide bonds. The maximum Gasteiger partial charge on any atom is 0.251 e. The van der Waals surface area contributed by atoms with Crippen molar-refractivity contribution in [1.82, 2.24) is 15.5 Å². The Morgan fingerprint density at radius 3 is 2.68 bits per heavy atom. The molecule has 28 heavy (non-hydrogen) atoms. The predicted molar refractivity (Wildman–Crippen MR) is 105 cm³/mol. The monoisotopic (exact) mass is 379 g/mol. The van der Waals surface area contributed by atoms with Crippen LogP contribution in [0.4, 0.5) is 0 Å². The van der Waals surface area contributed by atoms with E-state index >= 15 is 0 Å². The van der Waals surface area contributed by atoms with Gasteiger partial charge in [-0.2, -0.15) is 0 Å². The van der Waals surface area contributed by atoms with Gasteiger partial charge in [-0.05, 0) is 23.1 Å². The number of fused-ring (bicyclic) bond motifs is 1. The van der Waals surface area contributed by atoms with Crippen molar-refractivity contribution in [2.24, 2.45) is 0 Å². The molecule has 2 aliphatic rings. The van der Waals surface area contributed by atoms with E-state index < -0.39 is 12.1 Å². The molecule has 2 atom stereocenters. The Morgan fingerprint density at radius 2 is 1.86 bits per heavy atom. The second-order valence-electron chi connectivity index (χ2n) is 7.27. The van der Waals surface area contributed by atoms with E-state index in [0.717, 1.165) is 31.6 Å². The minimum Gasteiger partial charge on any atom is -0.356 e. The molecule has 1 saturated heterocycles. The van der Waals surface area contributed by atoms with Crippen molar-refractivity contribution in [1.29, 1.82) is 0 Å². The number of nitrogens with zero attached hydrogens (tertiary/aromatic N) is 1. The van der Waals surface area contributed by atoms with Gasteiger partial charge in [-0.25, -0.2) is 0 Å². The van der Waals surface area contributed by atoms with Crippen LogP contribution in [0.1, 0.15) is 22.7 Å². The Bertz CT molecular complexity index is 840. The number of hydrogen-bond acceptors (Lipinski definition) is 4. The number of carbonyl (C=O) groups excluding carboxylic acids is 2. The summed E-state index contributed by atoms with van der Waals surface area (Å²) in [5, 5.41) is 5.86. The molecule has 0 saturated carbocycles. The Labute approximate surface area is 164 Å². The van der Waals surface area contributed by atoms with Crippen molar-refractivity contribution in [3.63, 3.8) is 0 Å². The van der Waals surface area contributed by atoms with Crippen molar-refractivity contribution >= 4 is 11.8 Å². The standard InChI is InChI=1S/C22H25N3O3/c26-19-15-28-21(20(24-19)17-7-2-1-3-8-17)22(27)23-11-13-25-12-10-16-6-4-5-9-18(16)14-25/h1-9,20-21H,10-15H2,(H,23,27)(H,24,26)/t20-,21+/m1/s1. The summed E-state index contributed by atoms with van der Waals surface area (Å²) in [6.07, 6.45) is 0.319. The molecule has 0 bridgehead atoms. The summed E-state index contributed by atoms with van der Waals surface area (Å²) in [6.45, 7) is 3.15. The third kappa shape index (κ3) is 4.24. The summed E-state index contributed by atoms with van der Waals surface area (Å²) in [5.41, 5.74) is 3.64. The first kappa shape index (κ1) is 18.7. The van der Waals surface area contributed by atoms with Crippen LogP contribution in [0.5, 0.6) is 0 Å². The molecule has 2 heterocycles. The summed E-state index contributed by atoms with van der Waals surface area (Å²) in [6, 6.07) is 17.5. The zero-order valence-electron chi connectivity index (χ0n) is 15.8. The fourth-order valence-corrected chi connectivity index (χ4v) is 3.88. The normalized spacial score (nSPS) is 22.2. The highest BCUT2D eigenvalue weighted by Gasteiger charge is 2.35. The molecule has 2 aromatic rings. The highest BCUT2D eigenvalue weighted by molar-refractivity contribution is 5.86. The van der Waals surface area contributed by atoms with Gasteiger partial charge in [-0.1, -0.05) is 54.6 Å². The van der Waals surface area contributed by atoms with Gasteiger partial charge in [0.15, 0.2) is 6.10 Å². The van der Waals surface area contributed by atoms with Crippen LogP contribution in [0.2, 0.25) is 0 Å². The van der Waals surface area contributed by atoms with Crippen molar-refractivity contribution < 1.29 is 14.3 Å². The number of ether oxygens (including phenoxy) is 1. The van der Waals surface area contributed by atoms with Crippen molar-refractivity contribution in [3.05, 3.63) is 71.3 Å². The number of rotatable bonds is 5. The Kier molecular flexibility index (Phi) is 5.69. The summed E-state index contributed by atoms with van der Waals surface area (Å²) in [5.74, 6) is -0.392. The molecule has 146 valence electrons. The first-order valence-electron chi connectivity index (χ1n) is 9.73. The SMILES string of the molecule is O=C1CO[C@H](C(=O)NCCN2CCc3ccccc3C2)[C@@H](c2ccccc2)N1. The van der Waals surface area contributed by atoms with Gasteiger partial charge in [-0.3, -0.25) is 14.5 Å². The van der Waals surface area contributed by atoms with Gasteiger partial charge in [0.2, 0.25) is 5.91 Å². The van der Waals surface area contributed by atoms with Crippen LogP contribution < -0.4 is 10.6 Å². The highest BCUT2D eigenvalue weighted by atomic mass is 16.5. The molecule has 2 N–H and O–H groups in total. The number of amides is 2. The van der Waals surface area contributed by atoms with Gasteiger partial charge >= 0.3 is 0 Å². The molecular formula is C22H25N3O3. The maximum absolute atomic E-state index is 12.7. The summed E-state index contributed by atoms with van der Waals surface area (Å²) in [7, 11) is 0. The first-order chi connectivity index (χ1) is 13.7. The van der Waals surface area contributed by atoms with Crippen molar-refractivity contribution in [2.45, 2.75) is 25.1 Å². The highest BCUT2D eigenvalue weighted by Crippen LogP contribution is 2.22. The van der Waals surface area contributed by atoms with Crippen LogP contribution in [0.3, 0.4) is 0 Å². The average Bonchev–Trinajstić information content (AvgIpc) is 2.74. The lowest BCUT2D eigenvalue weighted by atomic mass is 9.99. The van der Waals surface area contributed by atoms with Crippen LogP contribution >= 0.6 is 0 Å². The Hall–Kier alpha value is -2.70. The number of carbonyl (C=O) groups is 2. The second-order valence-corrected chi connectivity index (χ2v) is 7.27. The van der Waals surface area contributed by atoms with Gasteiger partial charge < -0.3 is 15.4 Å². The van der Waals surface area contributed by atoms with Gasteiger partial charge in [-0.15, -0.1) is 0 Å². The van der Waals surface area contributed by atoms with Gasteiger partial charge in [0.1, 0.15) is 6.61 Å². The van der Waals surface area contributed by atoms with E-state index in [9.17, 15) is 9.59 Å². The van der Waals surface area contributed by atoms with E-state index in [1.54, 1.807) is 0 Å². The van der Waals surface area contributed by atoms with Gasteiger partial charge in [0.25, 0.3) is 5.91 Å². The van der Waals surface area contributed by atoms with Crippen molar-refractivity contribution in [2.75, 3.05) is 26.2 Å². The number of nitrogens with one attached hydrogen (secondary N) is 2. The van der Waals surface area contributed by atoms with E-state index in [4.69, 9.17) is 4.74 Å². The molecular weight excluding hydrogens is 354 g/mol. The van der Waals surface area contributed by atoms with Gasteiger partial charge in [0, 0.05) is 26.2 Å². The average molecular weight is 379 g/mol. The maximum atomic E-state index is 12.7. The largest absolute Gasteiger partial charge is 0.356 e. The predicted octanol–water partition coefficient (Wildman–Crippen LogP) is 1.42. The van der Waals surface area contributed by atoms with E-state index in [-0.39, 0.29) is 18.4 Å². The van der Waals surface area contributed by atoms with Crippen molar-refractivity contribution in [3.8, 4) is 0 Å². The van der Waals surface area contributed by atoms with E-state index in [2.05, 4.69) is 39.8 Å². The molecule has 0 aromatic heterocycles. The topological polar surface area (TPSA) is 70.7 Å². The number of benzene rings is 2. The lowest BCUT2D eigenvalue weighted by molar-refractivity contribution is -0.148. The van der Waals surface area contributed by atoms with Crippen LogP contribution in [0.15, 0.2) is 54.6 Å². The van der Waals surface area contributed by atoms with E-state index in [0.29, 0.717) is 6.54 Å². The third-order valence-electron chi connectivity index (χ3n) is 5.37. The molecule has 0 radical (unpaired) electrons. The minimum absolute atomic E-state index is 0.0929. The van der Waals surface area contributed by atoms with Crippen LogP contribution in [0.25, 0.3) is 0 Å². The smallest absolute Gasteiger partial charge is 0.251 e. The summed E-state index contributed by atoms with van der Waals surface area (Å²) < 4.78 is 5.57. The molecule has 0 aliphatic carbocycles. The fraction of sp³-hybridized carbons (Fsp3) is 0.364. The molecule has 4 rings (SSSR count). The van der Waals surface area contributed by atoms with Crippen LogP contribution in [0, 0.1) is 0 Å². The second kappa shape index (κ2) is 8.54. The van der Waals surface area contributed by atoms with E-state index in [1.165, 1.54) is 11.1 Å². The van der Waals surface area contributed by atoms with Gasteiger partial charge in [0.05, 0.1) is 6.04 Å². The molecule has 0 spiro atoms. The Balaban J connectivity index is 1.32. The molecule has 6 heteroatoms. The zero-order valence-corrected chi connectivity index (χ0v) is 15.8. The van der Waals surface area contributed by atoms with Crippen LogP contribution in [-0.4, -0.2) is 49.1 Å². The molecule has 0 unspecified atom stereocenters. The molecule has 2 aromatic carbocycles. The first-order valence-corrected chi connectivity index (χ1v) is 9.73. The minimum atomic E-state index is -0.720. The third-order valence-corrected chi connectivity index (χ3v) is 5.37. The fourth-order valence-electron chi connectivity index (χ4n) is 3.88. The molecule has 1 fully saturated rings. The lowest BCUT2D eigenvalue weighted by Crippen LogP contribution is -2.53. The number of morpholine rings is 1. The molecule has 2 aliphatic heterocycles.